The van der Waals surface area contributed by atoms with Gasteiger partial charge >= 0.3 is 0 Å². The monoisotopic (exact) mass is 356 g/mol. The highest BCUT2D eigenvalue weighted by Gasteiger charge is 2.49. The van der Waals surface area contributed by atoms with Gasteiger partial charge in [0.25, 0.3) is 0 Å². The van der Waals surface area contributed by atoms with Crippen molar-refractivity contribution in [3.63, 3.8) is 0 Å². The van der Waals surface area contributed by atoms with Crippen molar-refractivity contribution < 1.29 is 17.6 Å². The molecular weight excluding hydrogens is 339 g/mol. The summed E-state index contributed by atoms with van der Waals surface area (Å²) >= 11 is 1.29. The van der Waals surface area contributed by atoms with Crippen molar-refractivity contribution in [2.45, 2.75) is 31.6 Å². The van der Waals surface area contributed by atoms with E-state index in [9.17, 15) is 17.6 Å². The third-order valence-corrected chi connectivity index (χ3v) is 7.23. The van der Waals surface area contributed by atoms with Crippen LogP contribution in [-0.4, -0.2) is 42.3 Å². The normalized spacial score (nSPS) is 27.4. The number of halogens is 1. The molecule has 1 amide bonds. The van der Waals surface area contributed by atoms with Crippen molar-refractivity contribution in [1.29, 1.82) is 0 Å². The molecule has 0 bridgehead atoms. The van der Waals surface area contributed by atoms with Crippen LogP contribution in [0, 0.1) is 12.7 Å². The van der Waals surface area contributed by atoms with Crippen molar-refractivity contribution >= 4 is 38.4 Å². The molecule has 0 saturated carbocycles. The van der Waals surface area contributed by atoms with Crippen LogP contribution in [-0.2, 0) is 14.6 Å². The van der Waals surface area contributed by atoms with E-state index in [1.807, 2.05) is 0 Å². The summed E-state index contributed by atoms with van der Waals surface area (Å²) in [5.41, 5.74) is 1.05. The highest BCUT2D eigenvalue weighted by Crippen LogP contribution is 2.41. The predicted octanol–water partition coefficient (Wildman–Crippen LogP) is 2.15. The Balaban J connectivity index is 2.04. The molecule has 2 fully saturated rings. The molecule has 23 heavy (non-hydrogen) atoms. The Labute approximate surface area is 138 Å². The molecule has 1 aromatic rings. The molecule has 0 spiro atoms. The predicted molar refractivity (Wildman–Crippen MR) is 90.2 cm³/mol. The van der Waals surface area contributed by atoms with Gasteiger partial charge in [0.15, 0.2) is 15.0 Å². The summed E-state index contributed by atoms with van der Waals surface area (Å²) in [5, 5.41) is 0.290. The number of thioether (sulfide) groups is 1. The highest BCUT2D eigenvalue weighted by molar-refractivity contribution is 8.16. The third kappa shape index (κ3) is 3.14. The first-order chi connectivity index (χ1) is 10.8. The molecular formula is C15H17FN2O3S2. The fourth-order valence-electron chi connectivity index (χ4n) is 2.78. The standard InChI is InChI=1S/C15H17FN2O3S2/c1-3-14(19)17-15-18(10-5-4-9(2)11(16)6-10)12-7-23(20,21)8-13(12)22-15/h4-6,12-13H,3,7-8H2,1-2H3/t12-,13-/m0/s1. The molecule has 0 N–H and O–H groups in total. The minimum atomic E-state index is -3.12. The minimum absolute atomic E-state index is 0.000498. The van der Waals surface area contributed by atoms with Gasteiger partial charge in [0.05, 0.1) is 17.5 Å². The van der Waals surface area contributed by atoms with Crippen LogP contribution >= 0.6 is 11.8 Å². The summed E-state index contributed by atoms with van der Waals surface area (Å²) in [6, 6.07) is 4.44. The maximum atomic E-state index is 13.9. The lowest BCUT2D eigenvalue weighted by Crippen LogP contribution is -2.37. The summed E-state index contributed by atoms with van der Waals surface area (Å²) in [6.45, 7) is 3.38. The molecule has 0 radical (unpaired) electrons. The Bertz CT molecular complexity index is 792. The molecule has 124 valence electrons. The van der Waals surface area contributed by atoms with Crippen LogP contribution in [0.15, 0.2) is 23.2 Å². The molecule has 2 saturated heterocycles. The second-order valence-electron chi connectivity index (χ2n) is 5.75. The van der Waals surface area contributed by atoms with Gasteiger partial charge < -0.3 is 4.90 Å². The van der Waals surface area contributed by atoms with E-state index >= 15 is 0 Å². The van der Waals surface area contributed by atoms with Gasteiger partial charge in [-0.25, -0.2) is 12.8 Å². The zero-order valence-corrected chi connectivity index (χ0v) is 14.5. The number of carbonyl (C=O) groups excluding carboxylic acids is 1. The number of carbonyl (C=O) groups is 1. The first kappa shape index (κ1) is 16.4. The van der Waals surface area contributed by atoms with Crippen LogP contribution in [0.2, 0.25) is 0 Å². The molecule has 2 aliphatic rings. The van der Waals surface area contributed by atoms with Gasteiger partial charge in [-0.05, 0) is 24.6 Å². The second-order valence-corrected chi connectivity index (χ2v) is 9.11. The zero-order chi connectivity index (χ0) is 16.8. The first-order valence-corrected chi connectivity index (χ1v) is 10.0. The molecule has 5 nitrogen and oxygen atoms in total. The average Bonchev–Trinajstić information content (AvgIpc) is 2.93. The maximum absolute atomic E-state index is 13.9. The number of aliphatic imine (C=N–C) groups is 1. The number of amides is 1. The molecule has 0 unspecified atom stereocenters. The van der Waals surface area contributed by atoms with E-state index in [0.29, 0.717) is 16.4 Å². The lowest BCUT2D eigenvalue weighted by atomic mass is 10.1. The Morgan fingerprint density at radius 2 is 2.17 bits per heavy atom. The lowest BCUT2D eigenvalue weighted by molar-refractivity contribution is -0.117. The van der Waals surface area contributed by atoms with Gasteiger partial charge in [-0.15, -0.1) is 0 Å². The number of nitrogens with zero attached hydrogens (tertiary/aromatic N) is 2. The van der Waals surface area contributed by atoms with Crippen LogP contribution in [0.25, 0.3) is 0 Å². The Morgan fingerprint density at radius 1 is 1.43 bits per heavy atom. The zero-order valence-electron chi connectivity index (χ0n) is 12.8. The number of hydrogen-bond donors (Lipinski definition) is 0. The van der Waals surface area contributed by atoms with Gasteiger partial charge in [0.1, 0.15) is 5.82 Å². The van der Waals surface area contributed by atoms with Gasteiger partial charge in [-0.1, -0.05) is 24.8 Å². The molecule has 3 rings (SSSR count). The lowest BCUT2D eigenvalue weighted by Gasteiger charge is -2.24. The topological polar surface area (TPSA) is 66.8 Å². The van der Waals surface area contributed by atoms with E-state index in [1.165, 1.54) is 17.8 Å². The Hall–Kier alpha value is -1.41. The molecule has 8 heteroatoms. The quantitative estimate of drug-likeness (QED) is 0.812. The van der Waals surface area contributed by atoms with Crippen LogP contribution in [0.1, 0.15) is 18.9 Å². The minimum Gasteiger partial charge on any atom is -0.315 e. The molecule has 0 aromatic heterocycles. The third-order valence-electron chi connectivity index (χ3n) is 4.02. The van der Waals surface area contributed by atoms with Gasteiger partial charge in [0.2, 0.25) is 5.91 Å². The smallest absolute Gasteiger partial charge is 0.247 e. The number of anilines is 1. The van der Waals surface area contributed by atoms with Crippen molar-refractivity contribution in [3.8, 4) is 0 Å². The largest absolute Gasteiger partial charge is 0.315 e. The molecule has 2 aliphatic heterocycles. The van der Waals surface area contributed by atoms with E-state index in [2.05, 4.69) is 4.99 Å². The van der Waals surface area contributed by atoms with Gasteiger partial charge in [0, 0.05) is 17.4 Å². The SMILES string of the molecule is CCC(=O)N=C1S[C@H]2CS(=O)(=O)C[C@@H]2N1c1ccc(C)c(F)c1. The van der Waals surface area contributed by atoms with E-state index in [0.717, 1.165) is 0 Å². The van der Waals surface area contributed by atoms with E-state index in [-0.39, 0.29) is 40.9 Å². The Morgan fingerprint density at radius 3 is 2.83 bits per heavy atom. The fourth-order valence-corrected chi connectivity index (χ4v) is 6.71. The summed E-state index contributed by atoms with van der Waals surface area (Å²) in [5.74, 6) is -0.572. The van der Waals surface area contributed by atoms with Crippen molar-refractivity contribution in [2.75, 3.05) is 16.4 Å². The van der Waals surface area contributed by atoms with E-state index in [4.69, 9.17) is 0 Å². The van der Waals surface area contributed by atoms with Crippen LogP contribution in [0.3, 0.4) is 0 Å². The molecule has 2 atom stereocenters. The number of sulfone groups is 1. The number of rotatable bonds is 2. The summed E-state index contributed by atoms with van der Waals surface area (Å²) in [4.78, 5) is 17.5. The second kappa shape index (κ2) is 5.90. The number of aryl methyl sites for hydroxylation is 1. The van der Waals surface area contributed by atoms with Crippen LogP contribution in [0.5, 0.6) is 0 Å². The number of hydrogen-bond acceptors (Lipinski definition) is 4. The Kier molecular flexibility index (Phi) is 4.22. The number of benzene rings is 1. The van der Waals surface area contributed by atoms with Gasteiger partial charge in [-0.2, -0.15) is 4.99 Å². The van der Waals surface area contributed by atoms with Crippen molar-refractivity contribution in [3.05, 3.63) is 29.6 Å². The van der Waals surface area contributed by atoms with E-state index < -0.39 is 9.84 Å². The summed E-state index contributed by atoms with van der Waals surface area (Å²) in [6.07, 6.45) is 0.272. The van der Waals surface area contributed by atoms with Crippen LogP contribution < -0.4 is 4.90 Å². The molecule has 2 heterocycles. The van der Waals surface area contributed by atoms with E-state index in [1.54, 1.807) is 30.9 Å². The summed E-state index contributed by atoms with van der Waals surface area (Å²) < 4.78 is 37.7. The maximum Gasteiger partial charge on any atom is 0.247 e. The number of fused-ring (bicyclic) bond motifs is 1. The highest BCUT2D eigenvalue weighted by atomic mass is 32.2. The van der Waals surface area contributed by atoms with Gasteiger partial charge in [-0.3, -0.25) is 4.79 Å². The van der Waals surface area contributed by atoms with Crippen molar-refractivity contribution in [2.24, 2.45) is 4.99 Å². The summed E-state index contributed by atoms with van der Waals surface area (Å²) in [7, 11) is -3.12. The molecule has 1 aromatic carbocycles. The van der Waals surface area contributed by atoms with Crippen LogP contribution in [0.4, 0.5) is 10.1 Å². The fraction of sp³-hybridized carbons (Fsp3) is 0.467. The number of amidine groups is 1. The first-order valence-electron chi connectivity index (χ1n) is 7.34. The van der Waals surface area contributed by atoms with Crippen molar-refractivity contribution in [1.82, 2.24) is 0 Å². The molecule has 0 aliphatic carbocycles. The average molecular weight is 356 g/mol.